The molecule has 2 rings (SSSR count). The molecule has 0 spiro atoms. The van der Waals surface area contributed by atoms with Crippen molar-refractivity contribution in [2.24, 2.45) is 0 Å². The number of hydrogen-bond acceptors (Lipinski definition) is 2. The molecular weight excluding hydrogens is 257 g/mol. The highest BCUT2D eigenvalue weighted by Gasteiger charge is 2.15. The lowest BCUT2D eigenvalue weighted by Gasteiger charge is -2.18. The maximum absolute atomic E-state index is 13.9. The first kappa shape index (κ1) is 14.2. The van der Waals surface area contributed by atoms with Crippen LogP contribution in [0.1, 0.15) is 36.7 Å². The van der Waals surface area contributed by atoms with Gasteiger partial charge in [0.2, 0.25) is 0 Å². The molecule has 1 heterocycles. The summed E-state index contributed by atoms with van der Waals surface area (Å²) in [6, 6.07) is 7.49. The van der Waals surface area contributed by atoms with Gasteiger partial charge in [0.1, 0.15) is 5.82 Å². The second-order valence-electron chi connectivity index (χ2n) is 5.68. The molecule has 0 bridgehead atoms. The smallest absolute Gasteiger partial charge is 0.335 e. The van der Waals surface area contributed by atoms with Gasteiger partial charge in [-0.2, -0.15) is 0 Å². The van der Waals surface area contributed by atoms with Gasteiger partial charge in [-0.3, -0.25) is 4.98 Å². The summed E-state index contributed by atoms with van der Waals surface area (Å²) >= 11 is 0. The van der Waals surface area contributed by atoms with Gasteiger partial charge >= 0.3 is 5.97 Å². The number of aromatic nitrogens is 1. The van der Waals surface area contributed by atoms with E-state index >= 15 is 0 Å². The summed E-state index contributed by atoms with van der Waals surface area (Å²) in [5, 5.41) is 8.81. The van der Waals surface area contributed by atoms with Crippen molar-refractivity contribution in [3.8, 4) is 11.3 Å². The molecule has 0 aliphatic heterocycles. The van der Waals surface area contributed by atoms with Crippen LogP contribution in [0.5, 0.6) is 0 Å². The molecule has 4 heteroatoms. The van der Waals surface area contributed by atoms with Crippen LogP contribution in [0.25, 0.3) is 11.3 Å². The van der Waals surface area contributed by atoms with Gasteiger partial charge in [0.05, 0.1) is 11.3 Å². The maximum Gasteiger partial charge on any atom is 0.335 e. The van der Waals surface area contributed by atoms with Crippen LogP contribution in [0.15, 0.2) is 36.5 Å². The van der Waals surface area contributed by atoms with Gasteiger partial charge in [-0.1, -0.05) is 26.8 Å². The standard InChI is InChI=1S/C16H16FNO2/c1-16(2,3)11-5-7-14(18-9-11)12-6-4-10(15(19)20)8-13(12)17/h4-9H,1-3H3,(H,19,20). The summed E-state index contributed by atoms with van der Waals surface area (Å²) in [7, 11) is 0. The number of carbonyl (C=O) groups is 1. The van der Waals surface area contributed by atoms with Crippen molar-refractivity contribution in [1.82, 2.24) is 4.98 Å². The van der Waals surface area contributed by atoms with Crippen LogP contribution in [-0.2, 0) is 5.41 Å². The summed E-state index contributed by atoms with van der Waals surface area (Å²) < 4.78 is 13.9. The first-order chi connectivity index (χ1) is 9.29. The molecule has 0 amide bonds. The van der Waals surface area contributed by atoms with E-state index in [1.54, 1.807) is 12.3 Å². The highest BCUT2D eigenvalue weighted by atomic mass is 19.1. The summed E-state index contributed by atoms with van der Waals surface area (Å²) in [6.45, 7) is 6.23. The molecular formula is C16H16FNO2. The number of nitrogens with zero attached hydrogens (tertiary/aromatic N) is 1. The van der Waals surface area contributed by atoms with E-state index in [-0.39, 0.29) is 11.0 Å². The molecule has 0 aliphatic rings. The van der Waals surface area contributed by atoms with Crippen LogP contribution >= 0.6 is 0 Å². The van der Waals surface area contributed by atoms with Crippen molar-refractivity contribution in [1.29, 1.82) is 0 Å². The normalized spacial score (nSPS) is 11.4. The predicted molar refractivity (Wildman–Crippen MR) is 75.3 cm³/mol. The Balaban J connectivity index is 2.40. The molecule has 3 nitrogen and oxygen atoms in total. The van der Waals surface area contributed by atoms with Crippen LogP contribution in [0.4, 0.5) is 4.39 Å². The van der Waals surface area contributed by atoms with Crippen molar-refractivity contribution in [2.45, 2.75) is 26.2 Å². The third-order valence-electron chi connectivity index (χ3n) is 3.12. The van der Waals surface area contributed by atoms with Crippen molar-refractivity contribution in [3.05, 3.63) is 53.5 Å². The van der Waals surface area contributed by atoms with E-state index in [9.17, 15) is 9.18 Å². The Morgan fingerprint density at radius 1 is 1.20 bits per heavy atom. The van der Waals surface area contributed by atoms with Crippen molar-refractivity contribution < 1.29 is 14.3 Å². The van der Waals surface area contributed by atoms with Gasteiger partial charge in [0, 0.05) is 11.8 Å². The Hall–Kier alpha value is -2.23. The molecule has 0 atom stereocenters. The fourth-order valence-electron chi connectivity index (χ4n) is 1.85. The zero-order valence-electron chi connectivity index (χ0n) is 11.6. The molecule has 1 aromatic carbocycles. The van der Waals surface area contributed by atoms with Crippen molar-refractivity contribution in [2.75, 3.05) is 0 Å². The van der Waals surface area contributed by atoms with Crippen LogP contribution in [0.2, 0.25) is 0 Å². The monoisotopic (exact) mass is 273 g/mol. The number of benzene rings is 1. The molecule has 0 aliphatic carbocycles. The average molecular weight is 273 g/mol. The van der Waals surface area contributed by atoms with E-state index in [2.05, 4.69) is 25.8 Å². The number of carboxylic acids is 1. The van der Waals surface area contributed by atoms with Gasteiger partial charge in [-0.25, -0.2) is 9.18 Å². The Morgan fingerprint density at radius 2 is 1.90 bits per heavy atom. The zero-order chi connectivity index (χ0) is 14.9. The van der Waals surface area contributed by atoms with E-state index in [4.69, 9.17) is 5.11 Å². The Labute approximate surface area is 117 Å². The summed E-state index contributed by atoms with van der Waals surface area (Å²) in [4.78, 5) is 15.0. The summed E-state index contributed by atoms with van der Waals surface area (Å²) in [5.74, 6) is -1.73. The molecule has 0 unspecified atom stereocenters. The SMILES string of the molecule is CC(C)(C)c1ccc(-c2ccc(C(=O)O)cc2F)nc1. The van der Waals surface area contributed by atoms with Gasteiger partial charge in [-0.05, 0) is 35.2 Å². The molecule has 0 saturated heterocycles. The molecule has 0 fully saturated rings. The second kappa shape index (κ2) is 5.04. The van der Waals surface area contributed by atoms with E-state index in [0.717, 1.165) is 11.6 Å². The van der Waals surface area contributed by atoms with Crippen molar-refractivity contribution in [3.63, 3.8) is 0 Å². The minimum atomic E-state index is -1.15. The first-order valence-corrected chi connectivity index (χ1v) is 6.29. The molecule has 0 radical (unpaired) electrons. The van der Waals surface area contributed by atoms with Crippen LogP contribution in [0.3, 0.4) is 0 Å². The fraction of sp³-hybridized carbons (Fsp3) is 0.250. The highest BCUT2D eigenvalue weighted by molar-refractivity contribution is 5.88. The third kappa shape index (κ3) is 2.85. The Morgan fingerprint density at radius 3 is 2.35 bits per heavy atom. The number of aromatic carboxylic acids is 1. The summed E-state index contributed by atoms with van der Waals surface area (Å²) in [5.41, 5.74) is 1.77. The third-order valence-corrected chi connectivity index (χ3v) is 3.12. The van der Waals surface area contributed by atoms with E-state index in [0.29, 0.717) is 11.3 Å². The number of rotatable bonds is 2. The predicted octanol–water partition coefficient (Wildman–Crippen LogP) is 3.88. The first-order valence-electron chi connectivity index (χ1n) is 6.29. The average Bonchev–Trinajstić information content (AvgIpc) is 2.37. The number of hydrogen-bond donors (Lipinski definition) is 1. The number of pyridine rings is 1. The van der Waals surface area contributed by atoms with E-state index in [1.807, 2.05) is 6.07 Å². The molecule has 0 saturated carbocycles. The second-order valence-corrected chi connectivity index (χ2v) is 5.68. The maximum atomic E-state index is 13.9. The topological polar surface area (TPSA) is 50.2 Å². The molecule has 20 heavy (non-hydrogen) atoms. The van der Waals surface area contributed by atoms with Crippen LogP contribution < -0.4 is 0 Å². The van der Waals surface area contributed by atoms with Gasteiger partial charge in [-0.15, -0.1) is 0 Å². The Kier molecular flexibility index (Phi) is 3.57. The van der Waals surface area contributed by atoms with E-state index in [1.165, 1.54) is 12.1 Å². The van der Waals surface area contributed by atoms with Gasteiger partial charge < -0.3 is 5.11 Å². The molecule has 2 aromatic rings. The lowest BCUT2D eigenvalue weighted by Crippen LogP contribution is -2.11. The van der Waals surface area contributed by atoms with Crippen LogP contribution in [0, 0.1) is 5.82 Å². The van der Waals surface area contributed by atoms with Crippen molar-refractivity contribution >= 4 is 5.97 Å². The highest BCUT2D eigenvalue weighted by Crippen LogP contribution is 2.26. The summed E-state index contributed by atoms with van der Waals surface area (Å²) in [6.07, 6.45) is 1.72. The lowest BCUT2D eigenvalue weighted by atomic mass is 9.88. The number of halogens is 1. The molecule has 1 aromatic heterocycles. The molecule has 104 valence electrons. The largest absolute Gasteiger partial charge is 0.478 e. The lowest BCUT2D eigenvalue weighted by molar-refractivity contribution is 0.0696. The zero-order valence-corrected chi connectivity index (χ0v) is 11.6. The molecule has 1 N–H and O–H groups in total. The van der Waals surface area contributed by atoms with Gasteiger partial charge in [0.25, 0.3) is 0 Å². The van der Waals surface area contributed by atoms with E-state index < -0.39 is 11.8 Å². The van der Waals surface area contributed by atoms with Crippen LogP contribution in [-0.4, -0.2) is 16.1 Å². The number of carboxylic acid groups (broad SMARTS) is 1. The Bertz CT molecular complexity index is 643. The minimum Gasteiger partial charge on any atom is -0.478 e. The minimum absolute atomic E-state index is 0.0166. The van der Waals surface area contributed by atoms with Gasteiger partial charge in [0.15, 0.2) is 0 Å². The quantitative estimate of drug-likeness (QED) is 0.903. The fourth-order valence-corrected chi connectivity index (χ4v) is 1.85.